The van der Waals surface area contributed by atoms with E-state index in [9.17, 15) is 0 Å². The summed E-state index contributed by atoms with van der Waals surface area (Å²) in [5, 5.41) is 3.76. The lowest BCUT2D eigenvalue weighted by Gasteiger charge is -2.43. The van der Waals surface area contributed by atoms with Crippen LogP contribution >= 0.6 is 0 Å². The SMILES string of the molecule is CN1CCN(C(C)(C)CNC2CCN(C)C2)CC1. The Morgan fingerprint density at radius 2 is 1.67 bits per heavy atom. The second-order valence-corrected chi connectivity index (χ2v) is 6.73. The van der Waals surface area contributed by atoms with Crippen LogP contribution in [0.25, 0.3) is 0 Å². The Labute approximate surface area is 112 Å². The summed E-state index contributed by atoms with van der Waals surface area (Å²) in [5.41, 5.74) is 0.280. The number of likely N-dealkylation sites (tertiary alicyclic amines) is 1. The minimum atomic E-state index is 0.280. The molecule has 18 heavy (non-hydrogen) atoms. The lowest BCUT2D eigenvalue weighted by Crippen LogP contribution is -2.58. The second-order valence-electron chi connectivity index (χ2n) is 6.73. The van der Waals surface area contributed by atoms with Crippen LogP contribution in [-0.2, 0) is 0 Å². The lowest BCUT2D eigenvalue weighted by molar-refractivity contribution is 0.0603. The van der Waals surface area contributed by atoms with Crippen LogP contribution in [0.1, 0.15) is 20.3 Å². The summed E-state index contributed by atoms with van der Waals surface area (Å²) in [6.45, 7) is 13.1. The summed E-state index contributed by atoms with van der Waals surface area (Å²) < 4.78 is 0. The highest BCUT2D eigenvalue weighted by molar-refractivity contribution is 4.89. The third-order valence-corrected chi connectivity index (χ3v) is 4.57. The molecule has 0 aromatic rings. The maximum atomic E-state index is 3.76. The van der Waals surface area contributed by atoms with Crippen molar-refractivity contribution in [3.05, 3.63) is 0 Å². The van der Waals surface area contributed by atoms with Gasteiger partial charge in [0, 0.05) is 50.8 Å². The first-order valence-corrected chi connectivity index (χ1v) is 7.33. The van der Waals surface area contributed by atoms with Gasteiger partial charge in [0.25, 0.3) is 0 Å². The number of nitrogens with zero attached hydrogens (tertiary/aromatic N) is 3. The highest BCUT2D eigenvalue weighted by Gasteiger charge is 2.30. The number of piperazine rings is 1. The maximum Gasteiger partial charge on any atom is 0.0278 e. The zero-order valence-electron chi connectivity index (χ0n) is 12.6. The predicted molar refractivity (Wildman–Crippen MR) is 77.1 cm³/mol. The molecule has 0 aliphatic carbocycles. The maximum absolute atomic E-state index is 3.76. The quantitative estimate of drug-likeness (QED) is 0.779. The number of hydrogen-bond donors (Lipinski definition) is 1. The van der Waals surface area contributed by atoms with Crippen molar-refractivity contribution < 1.29 is 0 Å². The zero-order valence-corrected chi connectivity index (χ0v) is 12.6. The first-order valence-electron chi connectivity index (χ1n) is 7.33. The molecule has 0 aromatic heterocycles. The van der Waals surface area contributed by atoms with E-state index >= 15 is 0 Å². The Hall–Kier alpha value is -0.160. The summed E-state index contributed by atoms with van der Waals surface area (Å²) in [6.07, 6.45) is 1.30. The van der Waals surface area contributed by atoms with Gasteiger partial charge in [-0.25, -0.2) is 0 Å². The normalized spacial score (nSPS) is 29.0. The van der Waals surface area contributed by atoms with E-state index in [1.807, 2.05) is 0 Å². The average Bonchev–Trinajstić information content (AvgIpc) is 2.73. The molecule has 0 amide bonds. The van der Waals surface area contributed by atoms with E-state index in [1.54, 1.807) is 0 Å². The summed E-state index contributed by atoms with van der Waals surface area (Å²) in [7, 11) is 4.43. The third-order valence-electron chi connectivity index (χ3n) is 4.57. The molecule has 2 heterocycles. The summed E-state index contributed by atoms with van der Waals surface area (Å²) in [4.78, 5) is 7.48. The molecule has 0 radical (unpaired) electrons. The van der Waals surface area contributed by atoms with Crippen molar-refractivity contribution in [2.45, 2.75) is 31.8 Å². The number of hydrogen-bond acceptors (Lipinski definition) is 4. The number of nitrogens with one attached hydrogen (secondary N) is 1. The van der Waals surface area contributed by atoms with Crippen molar-refractivity contribution in [3.8, 4) is 0 Å². The smallest absolute Gasteiger partial charge is 0.0278 e. The van der Waals surface area contributed by atoms with E-state index in [0.717, 1.165) is 6.54 Å². The molecule has 0 saturated carbocycles. The highest BCUT2D eigenvalue weighted by Crippen LogP contribution is 2.17. The monoisotopic (exact) mass is 254 g/mol. The molecule has 4 heteroatoms. The van der Waals surface area contributed by atoms with Gasteiger partial charge in [-0.3, -0.25) is 4.90 Å². The van der Waals surface area contributed by atoms with Crippen molar-refractivity contribution in [1.82, 2.24) is 20.0 Å². The Bertz CT molecular complexity index is 259. The molecular weight excluding hydrogens is 224 g/mol. The van der Waals surface area contributed by atoms with Crippen LogP contribution < -0.4 is 5.32 Å². The van der Waals surface area contributed by atoms with Gasteiger partial charge >= 0.3 is 0 Å². The van der Waals surface area contributed by atoms with Gasteiger partial charge in [0.05, 0.1) is 0 Å². The van der Waals surface area contributed by atoms with Gasteiger partial charge in [-0.15, -0.1) is 0 Å². The van der Waals surface area contributed by atoms with Crippen LogP contribution in [0.5, 0.6) is 0 Å². The van der Waals surface area contributed by atoms with Gasteiger partial charge in [-0.05, 0) is 40.9 Å². The molecule has 2 saturated heterocycles. The zero-order chi connectivity index (χ0) is 13.2. The van der Waals surface area contributed by atoms with Crippen LogP contribution in [0, 0.1) is 0 Å². The predicted octanol–water partition coefficient (Wildman–Crippen LogP) is 0.306. The fourth-order valence-corrected chi connectivity index (χ4v) is 3.02. The highest BCUT2D eigenvalue weighted by atomic mass is 15.3. The second kappa shape index (κ2) is 5.87. The van der Waals surface area contributed by atoms with E-state index in [1.165, 1.54) is 45.7 Å². The Balaban J connectivity index is 1.76. The van der Waals surface area contributed by atoms with Crippen molar-refractivity contribution >= 4 is 0 Å². The molecule has 0 spiro atoms. The van der Waals surface area contributed by atoms with Gasteiger partial charge < -0.3 is 15.1 Å². The molecule has 2 aliphatic heterocycles. The summed E-state index contributed by atoms with van der Waals surface area (Å²) in [6, 6.07) is 0.696. The van der Waals surface area contributed by atoms with E-state index in [4.69, 9.17) is 0 Å². The number of likely N-dealkylation sites (N-methyl/N-ethyl adjacent to an activating group) is 2. The molecule has 1 unspecified atom stereocenters. The Morgan fingerprint density at radius 1 is 1.00 bits per heavy atom. The first-order chi connectivity index (χ1) is 8.47. The van der Waals surface area contributed by atoms with E-state index in [2.05, 4.69) is 48.0 Å². The third kappa shape index (κ3) is 3.67. The molecule has 1 N–H and O–H groups in total. The average molecular weight is 254 g/mol. The summed E-state index contributed by atoms with van der Waals surface area (Å²) in [5.74, 6) is 0. The van der Waals surface area contributed by atoms with Gasteiger partial charge in [0.15, 0.2) is 0 Å². The van der Waals surface area contributed by atoms with E-state index in [-0.39, 0.29) is 5.54 Å². The van der Waals surface area contributed by atoms with Crippen molar-refractivity contribution in [2.24, 2.45) is 0 Å². The van der Waals surface area contributed by atoms with Crippen molar-refractivity contribution in [3.63, 3.8) is 0 Å². The molecule has 2 aliphatic rings. The Kier molecular flexibility index (Phi) is 4.64. The minimum absolute atomic E-state index is 0.280. The largest absolute Gasteiger partial charge is 0.311 e. The van der Waals surface area contributed by atoms with Crippen LogP contribution in [0.15, 0.2) is 0 Å². The van der Waals surface area contributed by atoms with Crippen molar-refractivity contribution in [1.29, 1.82) is 0 Å². The standard InChI is InChI=1S/C14H30N4/c1-14(2,18-9-7-16(3)8-10-18)12-15-13-5-6-17(4)11-13/h13,15H,5-12H2,1-4H3. The lowest BCUT2D eigenvalue weighted by atomic mass is 10.0. The fourth-order valence-electron chi connectivity index (χ4n) is 3.02. The molecule has 2 fully saturated rings. The first kappa shape index (κ1) is 14.3. The molecular formula is C14H30N4. The molecule has 0 aromatic carbocycles. The van der Waals surface area contributed by atoms with Gasteiger partial charge in [-0.2, -0.15) is 0 Å². The fraction of sp³-hybridized carbons (Fsp3) is 1.00. The molecule has 1 atom stereocenters. The van der Waals surface area contributed by atoms with Gasteiger partial charge in [0.2, 0.25) is 0 Å². The van der Waals surface area contributed by atoms with Crippen molar-refractivity contribution in [2.75, 3.05) is 59.9 Å². The molecule has 2 rings (SSSR count). The molecule has 106 valence electrons. The topological polar surface area (TPSA) is 21.8 Å². The van der Waals surface area contributed by atoms with E-state index < -0.39 is 0 Å². The van der Waals surface area contributed by atoms with E-state index in [0.29, 0.717) is 6.04 Å². The summed E-state index contributed by atoms with van der Waals surface area (Å²) >= 11 is 0. The van der Waals surface area contributed by atoms with Gasteiger partial charge in [-0.1, -0.05) is 0 Å². The molecule has 0 bridgehead atoms. The van der Waals surface area contributed by atoms with Crippen LogP contribution in [-0.4, -0.2) is 86.2 Å². The van der Waals surface area contributed by atoms with Crippen LogP contribution in [0.2, 0.25) is 0 Å². The Morgan fingerprint density at radius 3 is 2.22 bits per heavy atom. The van der Waals surface area contributed by atoms with Crippen LogP contribution in [0.3, 0.4) is 0 Å². The van der Waals surface area contributed by atoms with Gasteiger partial charge in [0.1, 0.15) is 0 Å². The van der Waals surface area contributed by atoms with Crippen LogP contribution in [0.4, 0.5) is 0 Å². The molecule has 4 nitrogen and oxygen atoms in total. The number of rotatable bonds is 4. The minimum Gasteiger partial charge on any atom is -0.311 e.